The van der Waals surface area contributed by atoms with Crippen LogP contribution in [0.15, 0.2) is 109 Å². The lowest BCUT2D eigenvalue weighted by molar-refractivity contribution is -0.148. The predicted octanol–water partition coefficient (Wildman–Crippen LogP) is 6.75. The Morgan fingerprint density at radius 2 is 0.818 bits per heavy atom. The van der Waals surface area contributed by atoms with Gasteiger partial charge in [0, 0.05) is 22.3 Å². The van der Waals surface area contributed by atoms with Gasteiger partial charge in [0.15, 0.2) is 24.8 Å². The van der Waals surface area contributed by atoms with Crippen molar-refractivity contribution in [1.82, 2.24) is 0 Å². The highest BCUT2D eigenvalue weighted by atomic mass is 16.6. The number of esters is 2. The molecule has 0 bridgehead atoms. The van der Waals surface area contributed by atoms with Crippen LogP contribution in [0.3, 0.4) is 0 Å². The summed E-state index contributed by atoms with van der Waals surface area (Å²) in [5.74, 6) is -0.600. The first-order valence-corrected chi connectivity index (χ1v) is 13.5. The SMILES string of the molecule is C.C.O=C(COc1cccc(C(=O)c2ccccc2)c1)OCCCCOC(=O)COc1cccc(C(=O)c2ccccc2)c1. The van der Waals surface area contributed by atoms with Crippen molar-refractivity contribution in [1.29, 1.82) is 0 Å². The molecule has 0 spiro atoms. The van der Waals surface area contributed by atoms with E-state index in [0.29, 0.717) is 46.6 Å². The first-order valence-electron chi connectivity index (χ1n) is 13.5. The Balaban J connectivity index is 0.00000337. The number of carbonyl (C=O) groups is 4. The lowest BCUT2D eigenvalue weighted by Gasteiger charge is -2.09. The van der Waals surface area contributed by atoms with E-state index < -0.39 is 11.9 Å². The van der Waals surface area contributed by atoms with Crippen molar-refractivity contribution in [2.45, 2.75) is 27.7 Å². The van der Waals surface area contributed by atoms with E-state index in [2.05, 4.69) is 0 Å². The van der Waals surface area contributed by atoms with Crippen LogP contribution in [-0.4, -0.2) is 49.9 Å². The van der Waals surface area contributed by atoms with Crippen LogP contribution in [0.1, 0.15) is 59.5 Å². The van der Waals surface area contributed by atoms with E-state index in [1.54, 1.807) is 97.1 Å². The summed E-state index contributed by atoms with van der Waals surface area (Å²) in [6.45, 7) is -0.309. The van der Waals surface area contributed by atoms with Crippen LogP contribution in [0.25, 0.3) is 0 Å². The van der Waals surface area contributed by atoms with Gasteiger partial charge in [0.05, 0.1) is 13.2 Å². The number of hydrogen-bond acceptors (Lipinski definition) is 8. The van der Waals surface area contributed by atoms with Gasteiger partial charge in [-0.25, -0.2) is 9.59 Å². The zero-order valence-electron chi connectivity index (χ0n) is 22.9. The van der Waals surface area contributed by atoms with Gasteiger partial charge in [-0.2, -0.15) is 0 Å². The van der Waals surface area contributed by atoms with Gasteiger partial charge in [-0.3, -0.25) is 9.59 Å². The average Bonchev–Trinajstić information content (AvgIpc) is 3.04. The Morgan fingerprint density at radius 1 is 0.455 bits per heavy atom. The number of rotatable bonds is 15. The van der Waals surface area contributed by atoms with Crippen LogP contribution in [0.2, 0.25) is 0 Å². The Bertz CT molecular complexity index is 1380. The average molecular weight is 599 g/mol. The van der Waals surface area contributed by atoms with Crippen molar-refractivity contribution >= 4 is 23.5 Å². The van der Waals surface area contributed by atoms with Gasteiger partial charge < -0.3 is 18.9 Å². The third-order valence-electron chi connectivity index (χ3n) is 6.04. The second-order valence-electron chi connectivity index (χ2n) is 9.17. The fourth-order valence-electron chi connectivity index (χ4n) is 3.91. The summed E-state index contributed by atoms with van der Waals surface area (Å²) < 4.78 is 21.3. The van der Waals surface area contributed by atoms with Gasteiger partial charge >= 0.3 is 11.9 Å². The Morgan fingerprint density at radius 3 is 1.20 bits per heavy atom. The maximum absolute atomic E-state index is 12.6. The summed E-state index contributed by atoms with van der Waals surface area (Å²) in [6.07, 6.45) is 0.981. The van der Waals surface area contributed by atoms with E-state index >= 15 is 0 Å². The minimum atomic E-state index is -0.548. The van der Waals surface area contributed by atoms with Crippen LogP contribution >= 0.6 is 0 Å². The summed E-state index contributed by atoms with van der Waals surface area (Å²) in [6, 6.07) is 31.0. The molecular formula is C36H38O8. The van der Waals surface area contributed by atoms with E-state index in [1.807, 2.05) is 12.1 Å². The molecule has 0 N–H and O–H groups in total. The lowest BCUT2D eigenvalue weighted by atomic mass is 10.0. The molecule has 0 aliphatic rings. The molecule has 4 rings (SSSR count). The molecule has 0 saturated carbocycles. The van der Waals surface area contributed by atoms with Crippen LogP contribution in [0, 0.1) is 0 Å². The Hall–Kier alpha value is -5.24. The van der Waals surface area contributed by atoms with Crippen LogP contribution in [0.4, 0.5) is 0 Å². The summed E-state index contributed by atoms with van der Waals surface area (Å²) in [7, 11) is 0. The molecule has 8 heteroatoms. The normalized spacial score (nSPS) is 9.91. The number of ketones is 2. The van der Waals surface area contributed by atoms with Crippen LogP contribution in [-0.2, 0) is 19.1 Å². The molecular weight excluding hydrogens is 560 g/mol. The molecule has 0 saturated heterocycles. The first-order chi connectivity index (χ1) is 20.5. The van der Waals surface area contributed by atoms with Gasteiger partial charge in [-0.05, 0) is 37.1 Å². The molecule has 0 aliphatic heterocycles. The number of carbonyl (C=O) groups excluding carboxylic acids is 4. The van der Waals surface area contributed by atoms with Gasteiger partial charge in [-0.15, -0.1) is 0 Å². The van der Waals surface area contributed by atoms with Crippen LogP contribution in [0.5, 0.6) is 11.5 Å². The summed E-state index contributed by atoms with van der Waals surface area (Å²) in [4.78, 5) is 49.2. The molecule has 0 radical (unpaired) electrons. The number of unbranched alkanes of at least 4 members (excludes halogenated alkanes) is 1. The highest BCUT2D eigenvalue weighted by Gasteiger charge is 2.12. The molecule has 0 aliphatic carbocycles. The monoisotopic (exact) mass is 598 g/mol. The first kappa shape index (κ1) is 35.0. The molecule has 44 heavy (non-hydrogen) atoms. The van der Waals surface area contributed by atoms with E-state index in [0.717, 1.165) is 0 Å². The Kier molecular flexibility index (Phi) is 14.6. The quantitative estimate of drug-likeness (QED) is 0.0841. The minimum absolute atomic E-state index is 0. The van der Waals surface area contributed by atoms with Crippen molar-refractivity contribution in [2.24, 2.45) is 0 Å². The van der Waals surface area contributed by atoms with Gasteiger partial charge in [0.1, 0.15) is 11.5 Å². The van der Waals surface area contributed by atoms with E-state index in [9.17, 15) is 19.2 Å². The van der Waals surface area contributed by atoms with E-state index in [-0.39, 0.29) is 52.8 Å². The number of benzene rings is 4. The molecule has 230 valence electrons. The van der Waals surface area contributed by atoms with Crippen molar-refractivity contribution in [3.8, 4) is 11.5 Å². The fourth-order valence-corrected chi connectivity index (χ4v) is 3.91. The fraction of sp³-hybridized carbons (Fsp3) is 0.222. The third-order valence-corrected chi connectivity index (χ3v) is 6.04. The molecule has 0 amide bonds. The largest absolute Gasteiger partial charge is 0.482 e. The van der Waals surface area contributed by atoms with Gasteiger partial charge in [0.2, 0.25) is 0 Å². The summed E-state index contributed by atoms with van der Waals surface area (Å²) in [5, 5.41) is 0. The second kappa shape index (κ2) is 18.3. The zero-order valence-corrected chi connectivity index (χ0v) is 22.9. The summed E-state index contributed by atoms with van der Waals surface area (Å²) in [5.41, 5.74) is 2.04. The van der Waals surface area contributed by atoms with Gasteiger partial charge in [0.25, 0.3) is 0 Å². The lowest BCUT2D eigenvalue weighted by Crippen LogP contribution is -2.17. The van der Waals surface area contributed by atoms with Crippen molar-refractivity contribution in [3.63, 3.8) is 0 Å². The number of hydrogen-bond donors (Lipinski definition) is 0. The van der Waals surface area contributed by atoms with E-state index in [4.69, 9.17) is 18.9 Å². The molecule has 0 aromatic heterocycles. The second-order valence-corrected chi connectivity index (χ2v) is 9.17. The molecule has 0 atom stereocenters. The topological polar surface area (TPSA) is 105 Å². The highest BCUT2D eigenvalue weighted by molar-refractivity contribution is 6.09. The molecule has 0 unspecified atom stereocenters. The smallest absolute Gasteiger partial charge is 0.344 e. The van der Waals surface area contributed by atoms with E-state index in [1.165, 1.54) is 0 Å². The van der Waals surface area contributed by atoms with Gasteiger partial charge in [-0.1, -0.05) is 99.8 Å². The molecule has 4 aromatic carbocycles. The molecule has 0 heterocycles. The minimum Gasteiger partial charge on any atom is -0.482 e. The zero-order chi connectivity index (χ0) is 29.6. The third kappa shape index (κ3) is 10.9. The molecule has 8 nitrogen and oxygen atoms in total. The molecule has 0 fully saturated rings. The maximum Gasteiger partial charge on any atom is 0.344 e. The van der Waals surface area contributed by atoms with Crippen molar-refractivity contribution in [3.05, 3.63) is 131 Å². The summed E-state index contributed by atoms with van der Waals surface area (Å²) >= 11 is 0. The standard InChI is InChI=1S/C34H30O8.2CH4/c35-31(23-41-29-17-9-15-27(21-29)33(37)25-11-3-1-4-12-25)39-19-7-8-20-40-32(36)24-42-30-18-10-16-28(22-30)34(38)26-13-5-2-6-14-26;;/h1-6,9-18,21-22H,7-8,19-20,23-24H2;2*1H4. The van der Waals surface area contributed by atoms with Crippen molar-refractivity contribution in [2.75, 3.05) is 26.4 Å². The highest BCUT2D eigenvalue weighted by Crippen LogP contribution is 2.18. The predicted molar refractivity (Wildman–Crippen MR) is 168 cm³/mol. The van der Waals surface area contributed by atoms with Crippen LogP contribution < -0.4 is 9.47 Å². The maximum atomic E-state index is 12.6. The van der Waals surface area contributed by atoms with Crippen molar-refractivity contribution < 1.29 is 38.1 Å². The number of ether oxygens (including phenoxy) is 4. The molecule has 4 aromatic rings. The Labute approximate surface area is 258 Å².